The molecule has 0 aliphatic carbocycles. The lowest BCUT2D eigenvalue weighted by molar-refractivity contribution is 0.239. The molecule has 0 aliphatic rings. The summed E-state index contributed by atoms with van der Waals surface area (Å²) in [4.78, 5) is 12.7. The van der Waals surface area contributed by atoms with Crippen molar-refractivity contribution in [2.45, 2.75) is 11.8 Å². The number of sulfonamides is 1. The first-order valence-corrected chi connectivity index (χ1v) is 5.79. The molecule has 1 aromatic rings. The van der Waals surface area contributed by atoms with Gasteiger partial charge in [0.2, 0.25) is 0 Å². The van der Waals surface area contributed by atoms with E-state index in [0.29, 0.717) is 5.56 Å². The van der Waals surface area contributed by atoms with Gasteiger partial charge in [-0.1, -0.05) is 18.2 Å². The largest absolute Gasteiger partial charge is 0.344 e. The maximum atomic E-state index is 11.7. The van der Waals surface area contributed by atoms with Crippen molar-refractivity contribution in [3.8, 4) is 0 Å². The van der Waals surface area contributed by atoms with E-state index in [1.54, 1.807) is 30.5 Å². The molecule has 0 unspecified atom stereocenters. The number of benzene rings is 1. The summed E-state index contributed by atoms with van der Waals surface area (Å²) in [5, 5.41) is 0. The Hall–Kier alpha value is -1.64. The highest BCUT2D eigenvalue weighted by Gasteiger charge is 2.16. The second-order valence-electron chi connectivity index (χ2n) is 2.97. The van der Waals surface area contributed by atoms with Crippen molar-refractivity contribution >= 4 is 16.1 Å². The van der Waals surface area contributed by atoms with Crippen LogP contribution in [0, 0.1) is 6.92 Å². The Balaban J connectivity index is 2.87. The first kappa shape index (κ1) is 12.4. The SMILES string of the molecule is Cc1ccccc1S(=O)(=O)NNC(=O)NN. The topological polar surface area (TPSA) is 113 Å². The second kappa shape index (κ2) is 4.92. The zero-order valence-electron chi connectivity index (χ0n) is 8.52. The standard InChI is InChI=1S/C8H12N4O3S/c1-6-4-2-3-5-7(6)16(14,15)12-11-8(13)10-9/h2-5,12H,9H2,1H3,(H2,10,11,13). The van der Waals surface area contributed by atoms with Gasteiger partial charge in [-0.2, -0.15) is 0 Å². The summed E-state index contributed by atoms with van der Waals surface area (Å²) in [5.41, 5.74) is 4.19. The van der Waals surface area contributed by atoms with Crippen molar-refractivity contribution < 1.29 is 13.2 Å². The summed E-state index contributed by atoms with van der Waals surface area (Å²) in [6.07, 6.45) is 0. The average molecular weight is 244 g/mol. The van der Waals surface area contributed by atoms with Gasteiger partial charge in [0.15, 0.2) is 0 Å². The number of carbonyl (C=O) groups is 1. The minimum Gasteiger partial charge on any atom is -0.275 e. The molecule has 16 heavy (non-hydrogen) atoms. The Bertz CT molecular complexity index is 486. The fourth-order valence-electron chi connectivity index (χ4n) is 1.06. The Morgan fingerprint density at radius 2 is 1.94 bits per heavy atom. The Kier molecular flexibility index (Phi) is 3.82. The van der Waals surface area contributed by atoms with E-state index < -0.39 is 16.1 Å². The van der Waals surface area contributed by atoms with Crippen LogP contribution in [0.5, 0.6) is 0 Å². The number of nitrogens with two attached hydrogens (primary N) is 1. The summed E-state index contributed by atoms with van der Waals surface area (Å²) in [5.74, 6) is 4.77. The number of amides is 2. The van der Waals surface area contributed by atoms with Crippen LogP contribution in [-0.2, 0) is 10.0 Å². The molecule has 0 saturated heterocycles. The second-order valence-corrected chi connectivity index (χ2v) is 4.62. The average Bonchev–Trinajstić information content (AvgIpc) is 2.26. The molecule has 7 nitrogen and oxygen atoms in total. The van der Waals surface area contributed by atoms with Gasteiger partial charge in [-0.15, -0.1) is 4.83 Å². The first-order valence-electron chi connectivity index (χ1n) is 4.31. The summed E-state index contributed by atoms with van der Waals surface area (Å²) in [7, 11) is -3.77. The van der Waals surface area contributed by atoms with E-state index in [1.807, 2.05) is 10.3 Å². The molecular formula is C8H12N4O3S. The fraction of sp³-hybridized carbons (Fsp3) is 0.125. The van der Waals surface area contributed by atoms with E-state index >= 15 is 0 Å². The van der Waals surface area contributed by atoms with Crippen LogP contribution in [0.3, 0.4) is 0 Å². The van der Waals surface area contributed by atoms with Crippen LogP contribution < -0.4 is 21.5 Å². The molecule has 1 aromatic carbocycles. The number of rotatable bonds is 3. The highest BCUT2D eigenvalue weighted by Crippen LogP contribution is 2.12. The number of hydrogen-bond acceptors (Lipinski definition) is 4. The molecule has 0 radical (unpaired) electrons. The smallest absolute Gasteiger partial charge is 0.275 e. The van der Waals surface area contributed by atoms with Gasteiger partial charge in [0, 0.05) is 0 Å². The van der Waals surface area contributed by atoms with Crippen molar-refractivity contribution in [3.05, 3.63) is 29.8 Å². The van der Waals surface area contributed by atoms with E-state index in [-0.39, 0.29) is 4.90 Å². The van der Waals surface area contributed by atoms with E-state index in [2.05, 4.69) is 0 Å². The van der Waals surface area contributed by atoms with Crippen molar-refractivity contribution in [1.82, 2.24) is 15.7 Å². The Labute approximate surface area is 93.0 Å². The van der Waals surface area contributed by atoms with Crippen LogP contribution in [-0.4, -0.2) is 14.4 Å². The van der Waals surface area contributed by atoms with Gasteiger partial charge < -0.3 is 0 Å². The summed E-state index contributed by atoms with van der Waals surface area (Å²) in [6, 6.07) is 5.54. The number of hydrazine groups is 2. The molecule has 0 fully saturated rings. The lowest BCUT2D eigenvalue weighted by Crippen LogP contribution is -2.49. The number of carbonyl (C=O) groups excluding carboxylic acids is 1. The highest BCUT2D eigenvalue weighted by molar-refractivity contribution is 7.89. The Morgan fingerprint density at radius 1 is 1.31 bits per heavy atom. The molecule has 0 saturated carbocycles. The van der Waals surface area contributed by atoms with Crippen LogP contribution in [0.4, 0.5) is 4.79 Å². The summed E-state index contributed by atoms with van der Waals surface area (Å²) in [6.45, 7) is 1.65. The predicted molar refractivity (Wildman–Crippen MR) is 57.4 cm³/mol. The number of aryl methyl sites for hydroxylation is 1. The molecule has 8 heteroatoms. The minimum absolute atomic E-state index is 0.0901. The maximum absolute atomic E-state index is 11.7. The number of urea groups is 1. The highest BCUT2D eigenvalue weighted by atomic mass is 32.2. The monoisotopic (exact) mass is 244 g/mol. The van der Waals surface area contributed by atoms with Crippen molar-refractivity contribution in [2.75, 3.05) is 0 Å². The Morgan fingerprint density at radius 3 is 2.50 bits per heavy atom. The summed E-state index contributed by atoms with van der Waals surface area (Å²) < 4.78 is 23.4. The minimum atomic E-state index is -3.77. The third-order valence-electron chi connectivity index (χ3n) is 1.81. The lowest BCUT2D eigenvalue weighted by atomic mass is 10.2. The predicted octanol–water partition coefficient (Wildman–Crippen LogP) is -0.639. The van der Waals surface area contributed by atoms with E-state index in [4.69, 9.17) is 5.84 Å². The lowest BCUT2D eigenvalue weighted by Gasteiger charge is -2.09. The molecule has 0 bridgehead atoms. The fourth-order valence-corrected chi connectivity index (χ4v) is 2.15. The van der Waals surface area contributed by atoms with Gasteiger partial charge in [0.1, 0.15) is 0 Å². The van der Waals surface area contributed by atoms with Gasteiger partial charge in [-0.25, -0.2) is 19.1 Å². The van der Waals surface area contributed by atoms with E-state index in [1.165, 1.54) is 6.07 Å². The molecule has 0 heterocycles. The van der Waals surface area contributed by atoms with Crippen LogP contribution >= 0.6 is 0 Å². The molecule has 2 amide bonds. The third kappa shape index (κ3) is 2.92. The normalized spacial score (nSPS) is 10.9. The molecule has 1 rings (SSSR count). The molecule has 0 aliphatic heterocycles. The zero-order valence-corrected chi connectivity index (χ0v) is 9.34. The van der Waals surface area contributed by atoms with Crippen LogP contribution in [0.15, 0.2) is 29.2 Å². The third-order valence-corrected chi connectivity index (χ3v) is 3.22. The van der Waals surface area contributed by atoms with Crippen LogP contribution in [0.1, 0.15) is 5.56 Å². The maximum Gasteiger partial charge on any atom is 0.344 e. The molecule has 0 spiro atoms. The van der Waals surface area contributed by atoms with Crippen molar-refractivity contribution in [2.24, 2.45) is 5.84 Å². The van der Waals surface area contributed by atoms with E-state index in [0.717, 1.165) is 0 Å². The van der Waals surface area contributed by atoms with E-state index in [9.17, 15) is 13.2 Å². The molecule has 88 valence electrons. The van der Waals surface area contributed by atoms with Crippen LogP contribution in [0.25, 0.3) is 0 Å². The quantitative estimate of drug-likeness (QED) is 0.322. The number of hydrogen-bond donors (Lipinski definition) is 4. The van der Waals surface area contributed by atoms with Gasteiger partial charge in [-0.3, -0.25) is 10.9 Å². The number of nitrogens with one attached hydrogen (secondary N) is 3. The molecule has 5 N–H and O–H groups in total. The zero-order chi connectivity index (χ0) is 12.2. The molecule has 0 atom stereocenters. The van der Waals surface area contributed by atoms with Crippen LogP contribution in [0.2, 0.25) is 0 Å². The van der Waals surface area contributed by atoms with Crippen molar-refractivity contribution in [1.29, 1.82) is 0 Å². The van der Waals surface area contributed by atoms with Crippen molar-refractivity contribution in [3.63, 3.8) is 0 Å². The van der Waals surface area contributed by atoms with Gasteiger partial charge in [0.25, 0.3) is 10.0 Å². The molecular weight excluding hydrogens is 232 g/mol. The molecule has 0 aromatic heterocycles. The summed E-state index contributed by atoms with van der Waals surface area (Å²) >= 11 is 0. The first-order chi connectivity index (χ1) is 7.47. The van der Waals surface area contributed by atoms with Gasteiger partial charge in [-0.05, 0) is 18.6 Å². The van der Waals surface area contributed by atoms with Gasteiger partial charge >= 0.3 is 6.03 Å². The van der Waals surface area contributed by atoms with Gasteiger partial charge in [0.05, 0.1) is 4.90 Å².